The highest BCUT2D eigenvalue weighted by Crippen LogP contribution is 2.26. The first kappa shape index (κ1) is 35.4. The Morgan fingerprint density at radius 3 is 1.49 bits per heavy atom. The van der Waals surface area contributed by atoms with Crippen molar-refractivity contribution in [3.8, 4) is 0 Å². The maximum Gasteiger partial charge on any atom is -0.00639 e. The number of halogens is 1. The van der Waals surface area contributed by atoms with Crippen LogP contribution in [0.4, 0.5) is 0 Å². The maximum atomic E-state index is 2.35. The molecule has 0 bridgehead atoms. The predicted molar refractivity (Wildman–Crippen MR) is 170 cm³/mol. The van der Waals surface area contributed by atoms with E-state index in [4.69, 9.17) is 0 Å². The topological polar surface area (TPSA) is 35.0 Å². The van der Waals surface area contributed by atoms with E-state index in [-0.39, 0.29) is 18.6 Å². The van der Waals surface area contributed by atoms with Gasteiger partial charge in [-0.25, -0.2) is 0 Å². The molecule has 3 N–H and O–H groups in total. The fraction of sp³-hybridized carbons (Fsp3) is 0.600. The summed E-state index contributed by atoms with van der Waals surface area (Å²) < 4.78 is 0. The van der Waals surface area contributed by atoms with Crippen LogP contribution in [0.1, 0.15) is 140 Å². The first-order chi connectivity index (χ1) is 17.2. The van der Waals surface area contributed by atoms with Gasteiger partial charge < -0.3 is 6.15 Å². The lowest BCUT2D eigenvalue weighted by Crippen LogP contribution is -1.96. The van der Waals surface area contributed by atoms with Gasteiger partial charge in [0.1, 0.15) is 0 Å². The quantitative estimate of drug-likeness (QED) is 0.171. The van der Waals surface area contributed by atoms with E-state index in [9.17, 15) is 0 Å². The van der Waals surface area contributed by atoms with Crippen LogP contribution in [-0.4, -0.2) is 0 Å². The summed E-state index contributed by atoms with van der Waals surface area (Å²) in [5, 5.41) is 0. The van der Waals surface area contributed by atoms with Crippen LogP contribution in [-0.2, 0) is 12.8 Å². The van der Waals surface area contributed by atoms with Crippen LogP contribution in [0.3, 0.4) is 0 Å². The molecule has 2 rings (SSSR count). The number of hydrogen-bond donors (Lipinski definition) is 1. The Hall–Kier alpha value is -1.57. The highest BCUT2D eigenvalue weighted by molar-refractivity contribution is 5.85. The molecule has 0 atom stereocenters. The van der Waals surface area contributed by atoms with Gasteiger partial charge in [0.2, 0.25) is 0 Å². The van der Waals surface area contributed by atoms with Crippen molar-refractivity contribution in [3.63, 3.8) is 0 Å². The molecular formula is C35H58ClN. The van der Waals surface area contributed by atoms with Crippen molar-refractivity contribution in [1.29, 1.82) is 0 Å². The lowest BCUT2D eigenvalue weighted by molar-refractivity contribution is 0.529. The molecule has 0 amide bonds. The molecule has 0 unspecified atom stereocenters. The van der Waals surface area contributed by atoms with Crippen LogP contribution in [0, 0.1) is 0 Å². The van der Waals surface area contributed by atoms with Crippen LogP contribution >= 0.6 is 12.4 Å². The van der Waals surface area contributed by atoms with Crippen molar-refractivity contribution in [3.05, 3.63) is 76.9 Å². The molecule has 37 heavy (non-hydrogen) atoms. The molecule has 0 aliphatic heterocycles. The van der Waals surface area contributed by atoms with Gasteiger partial charge in [0.15, 0.2) is 0 Å². The van der Waals surface area contributed by atoms with Crippen molar-refractivity contribution < 1.29 is 0 Å². The van der Waals surface area contributed by atoms with Crippen LogP contribution in [0.2, 0.25) is 0 Å². The average molecular weight is 528 g/mol. The predicted octanol–water partition coefficient (Wildman–Crippen LogP) is 12.1. The summed E-state index contributed by atoms with van der Waals surface area (Å²) in [5.74, 6) is 0. The second-order valence-electron chi connectivity index (χ2n) is 10.8. The number of hydrogen-bond acceptors (Lipinski definition) is 1. The largest absolute Gasteiger partial charge is 0.344 e. The van der Waals surface area contributed by atoms with Gasteiger partial charge in [0.05, 0.1) is 0 Å². The summed E-state index contributed by atoms with van der Waals surface area (Å²) in [7, 11) is 0. The lowest BCUT2D eigenvalue weighted by Gasteiger charge is -2.14. The maximum absolute atomic E-state index is 2.35. The van der Waals surface area contributed by atoms with E-state index in [1.807, 2.05) is 0 Å². The molecule has 0 aromatic heterocycles. The molecule has 0 spiro atoms. The van der Waals surface area contributed by atoms with Crippen LogP contribution in [0.25, 0.3) is 5.57 Å². The van der Waals surface area contributed by atoms with Gasteiger partial charge in [-0.3, -0.25) is 0 Å². The Morgan fingerprint density at radius 1 is 0.541 bits per heavy atom. The molecule has 210 valence electrons. The van der Waals surface area contributed by atoms with Gasteiger partial charge in [0, 0.05) is 0 Å². The Balaban J connectivity index is 0.00000648. The van der Waals surface area contributed by atoms with Gasteiger partial charge in [0.25, 0.3) is 0 Å². The monoisotopic (exact) mass is 527 g/mol. The summed E-state index contributed by atoms with van der Waals surface area (Å²) in [4.78, 5) is 0. The molecule has 0 fully saturated rings. The summed E-state index contributed by atoms with van der Waals surface area (Å²) >= 11 is 0. The number of rotatable bonds is 20. The van der Waals surface area contributed by atoms with Gasteiger partial charge in [-0.05, 0) is 55.4 Å². The van der Waals surface area contributed by atoms with Crippen molar-refractivity contribution in [2.24, 2.45) is 0 Å². The Bertz CT molecular complexity index is 811. The molecule has 1 nitrogen and oxygen atoms in total. The molecule has 0 heterocycles. The average Bonchev–Trinajstić information content (AvgIpc) is 2.89. The molecular weight excluding hydrogens is 470 g/mol. The highest BCUT2D eigenvalue weighted by atomic mass is 35.5. The lowest BCUT2D eigenvalue weighted by atomic mass is 9.92. The normalized spacial score (nSPS) is 11.4. The van der Waals surface area contributed by atoms with Gasteiger partial charge in [-0.1, -0.05) is 163 Å². The minimum absolute atomic E-state index is 0. The smallest absolute Gasteiger partial charge is 0.00639 e. The third kappa shape index (κ3) is 16.1. The van der Waals surface area contributed by atoms with E-state index >= 15 is 0 Å². The minimum atomic E-state index is 0. The third-order valence-corrected chi connectivity index (χ3v) is 7.67. The van der Waals surface area contributed by atoms with E-state index in [0.717, 1.165) is 6.42 Å². The van der Waals surface area contributed by atoms with Crippen molar-refractivity contribution in [1.82, 2.24) is 6.15 Å². The Labute approximate surface area is 236 Å². The SMILES string of the molecule is CCCCCCCCCCCCCCCCCCc1ccccc1C(C)=C(C)Cc1ccccc1.Cl.N. The van der Waals surface area contributed by atoms with Crippen LogP contribution < -0.4 is 6.15 Å². The van der Waals surface area contributed by atoms with Crippen molar-refractivity contribution in [2.75, 3.05) is 0 Å². The molecule has 0 aliphatic rings. The van der Waals surface area contributed by atoms with E-state index in [2.05, 4.69) is 75.4 Å². The zero-order valence-electron chi connectivity index (χ0n) is 24.5. The fourth-order valence-electron chi connectivity index (χ4n) is 5.23. The first-order valence-corrected chi connectivity index (χ1v) is 15.0. The van der Waals surface area contributed by atoms with Gasteiger partial charge in [-0.2, -0.15) is 0 Å². The molecule has 2 heteroatoms. The fourth-order valence-corrected chi connectivity index (χ4v) is 5.23. The summed E-state index contributed by atoms with van der Waals surface area (Å²) in [5.41, 5.74) is 7.33. The standard InChI is InChI=1S/C35H54.ClH.H3N/c1-4-5-6-7-8-9-10-11-12-13-14-15-16-17-18-22-27-34-28-23-24-29-35(34)32(3)31(2)30-33-25-20-19-21-26-33;;/h19-21,23-26,28-29H,4-18,22,27,30H2,1-3H3;1H;1H3. The van der Waals surface area contributed by atoms with Gasteiger partial charge in [-0.15, -0.1) is 12.4 Å². The minimum Gasteiger partial charge on any atom is -0.344 e. The first-order valence-electron chi connectivity index (χ1n) is 15.0. The van der Waals surface area contributed by atoms with E-state index in [1.165, 1.54) is 137 Å². The van der Waals surface area contributed by atoms with Crippen molar-refractivity contribution >= 4 is 18.0 Å². The van der Waals surface area contributed by atoms with E-state index < -0.39 is 0 Å². The zero-order valence-corrected chi connectivity index (χ0v) is 25.4. The second-order valence-corrected chi connectivity index (χ2v) is 10.8. The Morgan fingerprint density at radius 2 is 0.973 bits per heavy atom. The molecule has 0 saturated heterocycles. The number of aryl methyl sites for hydroxylation is 1. The molecule has 2 aromatic carbocycles. The van der Waals surface area contributed by atoms with E-state index in [0.29, 0.717) is 0 Å². The number of benzene rings is 2. The summed E-state index contributed by atoms with van der Waals surface area (Å²) in [6.45, 7) is 6.91. The molecule has 0 saturated carbocycles. The molecule has 0 aliphatic carbocycles. The number of unbranched alkanes of at least 4 members (excludes halogenated alkanes) is 15. The summed E-state index contributed by atoms with van der Waals surface area (Å²) in [6.07, 6.45) is 25.1. The van der Waals surface area contributed by atoms with Crippen molar-refractivity contribution in [2.45, 2.75) is 136 Å². The number of allylic oxidation sites excluding steroid dienone is 2. The van der Waals surface area contributed by atoms with Crippen LogP contribution in [0.5, 0.6) is 0 Å². The molecule has 2 aromatic rings. The van der Waals surface area contributed by atoms with Gasteiger partial charge >= 0.3 is 0 Å². The summed E-state index contributed by atoms with van der Waals surface area (Å²) in [6, 6.07) is 19.9. The van der Waals surface area contributed by atoms with Crippen LogP contribution in [0.15, 0.2) is 60.2 Å². The van der Waals surface area contributed by atoms with E-state index in [1.54, 1.807) is 0 Å². The zero-order chi connectivity index (χ0) is 25.0. The second kappa shape index (κ2) is 23.5. The third-order valence-electron chi connectivity index (χ3n) is 7.67. The highest BCUT2D eigenvalue weighted by Gasteiger charge is 2.07. The Kier molecular flexibility index (Phi) is 22.5. The molecule has 0 radical (unpaired) electrons.